The van der Waals surface area contributed by atoms with Gasteiger partial charge in [-0.05, 0) is 24.8 Å². The Balaban J connectivity index is 1.97. The Labute approximate surface area is 119 Å². The molecule has 1 aromatic rings. The summed E-state index contributed by atoms with van der Waals surface area (Å²) in [4.78, 5) is 15.5. The molecular formula is C12H16ClN3O4. The fourth-order valence-corrected chi connectivity index (χ4v) is 3.17. The third-order valence-electron chi connectivity index (χ3n) is 4.06. The van der Waals surface area contributed by atoms with Crippen molar-refractivity contribution < 1.29 is 14.9 Å². The second kappa shape index (κ2) is 4.70. The molecule has 3 rings (SSSR count). The molecular weight excluding hydrogens is 286 g/mol. The lowest BCUT2D eigenvalue weighted by Gasteiger charge is -2.30. The zero-order valence-electron chi connectivity index (χ0n) is 10.6. The van der Waals surface area contributed by atoms with Gasteiger partial charge in [-0.3, -0.25) is 4.57 Å². The van der Waals surface area contributed by atoms with Crippen molar-refractivity contribution in [3.63, 3.8) is 0 Å². The predicted molar refractivity (Wildman–Crippen MR) is 71.2 cm³/mol. The Bertz CT molecular complexity index is 576. The van der Waals surface area contributed by atoms with E-state index in [9.17, 15) is 15.0 Å². The SMILES string of the molecule is Nc1ccn([C@@H]2O[C@@](CO)(C3CC3)[C@@H](O)[C@H]2Cl)c(=O)n1. The third kappa shape index (κ3) is 1.93. The fourth-order valence-electron chi connectivity index (χ4n) is 2.78. The van der Waals surface area contributed by atoms with Crippen molar-refractivity contribution in [3.05, 3.63) is 22.7 Å². The van der Waals surface area contributed by atoms with E-state index in [0.717, 1.165) is 12.8 Å². The van der Waals surface area contributed by atoms with E-state index in [1.807, 2.05) is 0 Å². The quantitative estimate of drug-likeness (QED) is 0.647. The zero-order chi connectivity index (χ0) is 14.5. The van der Waals surface area contributed by atoms with Crippen LogP contribution in [-0.2, 0) is 4.74 Å². The summed E-state index contributed by atoms with van der Waals surface area (Å²) in [6.07, 6.45) is 1.24. The van der Waals surface area contributed by atoms with Gasteiger partial charge in [0.2, 0.25) is 0 Å². The first-order valence-electron chi connectivity index (χ1n) is 6.45. The molecule has 0 amide bonds. The molecule has 0 radical (unpaired) electrons. The van der Waals surface area contributed by atoms with Crippen LogP contribution in [0.5, 0.6) is 0 Å². The number of halogens is 1. The second-order valence-corrected chi connectivity index (χ2v) is 5.83. The van der Waals surface area contributed by atoms with Gasteiger partial charge in [0, 0.05) is 6.20 Å². The number of aromatic nitrogens is 2. The van der Waals surface area contributed by atoms with Gasteiger partial charge in [0.25, 0.3) is 0 Å². The summed E-state index contributed by atoms with van der Waals surface area (Å²) in [7, 11) is 0. The molecule has 0 unspecified atom stereocenters. The van der Waals surface area contributed by atoms with Gasteiger partial charge >= 0.3 is 5.69 Å². The fraction of sp³-hybridized carbons (Fsp3) is 0.667. The van der Waals surface area contributed by atoms with Crippen molar-refractivity contribution in [1.82, 2.24) is 9.55 Å². The van der Waals surface area contributed by atoms with Crippen LogP contribution in [0, 0.1) is 5.92 Å². The van der Waals surface area contributed by atoms with Gasteiger partial charge in [-0.15, -0.1) is 11.6 Å². The summed E-state index contributed by atoms with van der Waals surface area (Å²) in [6, 6.07) is 1.46. The van der Waals surface area contributed by atoms with Crippen LogP contribution in [-0.4, -0.2) is 43.5 Å². The summed E-state index contributed by atoms with van der Waals surface area (Å²) in [5.74, 6) is 0.165. The summed E-state index contributed by atoms with van der Waals surface area (Å²) >= 11 is 6.20. The Kier molecular flexibility index (Phi) is 3.24. The number of nitrogen functional groups attached to an aromatic ring is 1. The van der Waals surface area contributed by atoms with Crippen LogP contribution in [0.25, 0.3) is 0 Å². The van der Waals surface area contributed by atoms with E-state index in [4.69, 9.17) is 22.1 Å². The van der Waals surface area contributed by atoms with E-state index < -0.39 is 29.0 Å². The highest BCUT2D eigenvalue weighted by atomic mass is 35.5. The van der Waals surface area contributed by atoms with E-state index in [0.29, 0.717) is 0 Å². The Hall–Kier alpha value is -1.15. The molecule has 4 N–H and O–H groups in total. The molecule has 20 heavy (non-hydrogen) atoms. The number of aliphatic hydroxyl groups is 2. The molecule has 4 atom stereocenters. The number of ether oxygens (including phenoxy) is 1. The molecule has 0 spiro atoms. The molecule has 0 bridgehead atoms. The molecule has 1 aromatic heterocycles. The summed E-state index contributed by atoms with van der Waals surface area (Å²) < 4.78 is 7.00. The molecule has 2 aliphatic rings. The summed E-state index contributed by atoms with van der Waals surface area (Å²) in [6.45, 7) is -0.338. The Morgan fingerprint density at radius 3 is 2.85 bits per heavy atom. The monoisotopic (exact) mass is 301 g/mol. The van der Waals surface area contributed by atoms with Crippen molar-refractivity contribution >= 4 is 17.4 Å². The number of alkyl halides is 1. The summed E-state index contributed by atoms with van der Waals surface area (Å²) in [5, 5.41) is 19.1. The second-order valence-electron chi connectivity index (χ2n) is 5.33. The minimum absolute atomic E-state index is 0.0613. The molecule has 8 heteroatoms. The number of nitrogens with two attached hydrogens (primary N) is 1. The van der Waals surface area contributed by atoms with Crippen molar-refractivity contribution in [2.45, 2.75) is 36.2 Å². The average Bonchev–Trinajstić information content (AvgIpc) is 3.22. The van der Waals surface area contributed by atoms with Crippen molar-refractivity contribution in [2.24, 2.45) is 5.92 Å². The number of rotatable bonds is 3. The highest BCUT2D eigenvalue weighted by Gasteiger charge is 2.61. The van der Waals surface area contributed by atoms with Crippen LogP contribution < -0.4 is 11.4 Å². The molecule has 1 aliphatic carbocycles. The van der Waals surface area contributed by atoms with E-state index in [2.05, 4.69) is 4.98 Å². The van der Waals surface area contributed by atoms with Crippen LogP contribution in [0.3, 0.4) is 0 Å². The Morgan fingerprint density at radius 2 is 2.30 bits per heavy atom. The van der Waals surface area contributed by atoms with Crippen molar-refractivity contribution in [3.8, 4) is 0 Å². The maximum absolute atomic E-state index is 11.9. The molecule has 2 heterocycles. The molecule has 1 aliphatic heterocycles. The number of hydrogen-bond acceptors (Lipinski definition) is 6. The van der Waals surface area contributed by atoms with Crippen LogP contribution in [0.15, 0.2) is 17.1 Å². The maximum atomic E-state index is 11.9. The topological polar surface area (TPSA) is 111 Å². The standard InChI is InChI=1S/C12H16ClN3O4/c13-8-9(18)12(5-17,6-1-2-6)20-10(8)16-4-3-7(14)15-11(16)19/h3-4,6,8-10,17-18H,1-2,5H2,(H2,14,15,19)/t8-,9+,10-,12+/m1/s1. The molecule has 110 valence electrons. The van der Waals surface area contributed by atoms with Crippen molar-refractivity contribution in [2.75, 3.05) is 12.3 Å². The molecule has 1 saturated heterocycles. The maximum Gasteiger partial charge on any atom is 0.351 e. The lowest BCUT2D eigenvalue weighted by atomic mass is 9.92. The van der Waals surface area contributed by atoms with Gasteiger partial charge in [0.1, 0.15) is 22.9 Å². The first-order chi connectivity index (χ1) is 9.49. The highest BCUT2D eigenvalue weighted by molar-refractivity contribution is 6.21. The van der Waals surface area contributed by atoms with Gasteiger partial charge in [0.05, 0.1) is 6.61 Å². The predicted octanol–water partition coefficient (Wildman–Crippen LogP) is -0.536. The van der Waals surface area contributed by atoms with E-state index in [1.54, 1.807) is 0 Å². The van der Waals surface area contributed by atoms with Crippen LogP contribution in [0.1, 0.15) is 19.1 Å². The smallest absolute Gasteiger partial charge is 0.351 e. The van der Waals surface area contributed by atoms with Crippen LogP contribution >= 0.6 is 11.6 Å². The molecule has 2 fully saturated rings. The number of aliphatic hydroxyl groups excluding tert-OH is 2. The minimum Gasteiger partial charge on any atom is -0.393 e. The minimum atomic E-state index is -1.10. The first kappa shape index (κ1) is 13.8. The normalized spacial score (nSPS) is 37.2. The average molecular weight is 302 g/mol. The zero-order valence-corrected chi connectivity index (χ0v) is 11.4. The van der Waals surface area contributed by atoms with Gasteiger partial charge in [-0.25, -0.2) is 4.79 Å². The molecule has 1 saturated carbocycles. The first-order valence-corrected chi connectivity index (χ1v) is 6.88. The summed E-state index contributed by atoms with van der Waals surface area (Å²) in [5.41, 5.74) is 3.74. The number of hydrogen-bond donors (Lipinski definition) is 3. The Morgan fingerprint density at radius 1 is 1.60 bits per heavy atom. The number of nitrogens with zero attached hydrogens (tertiary/aromatic N) is 2. The lowest BCUT2D eigenvalue weighted by Crippen LogP contribution is -2.47. The van der Waals surface area contributed by atoms with Gasteiger partial charge < -0.3 is 20.7 Å². The molecule has 7 nitrogen and oxygen atoms in total. The van der Waals surface area contributed by atoms with Crippen molar-refractivity contribution in [1.29, 1.82) is 0 Å². The van der Waals surface area contributed by atoms with Gasteiger partial charge in [-0.2, -0.15) is 4.98 Å². The highest BCUT2D eigenvalue weighted by Crippen LogP contribution is 2.52. The largest absolute Gasteiger partial charge is 0.393 e. The van der Waals surface area contributed by atoms with Crippen LogP contribution in [0.4, 0.5) is 5.82 Å². The van der Waals surface area contributed by atoms with Gasteiger partial charge in [-0.1, -0.05) is 0 Å². The van der Waals surface area contributed by atoms with Crippen LogP contribution in [0.2, 0.25) is 0 Å². The lowest BCUT2D eigenvalue weighted by molar-refractivity contribution is -0.141. The van der Waals surface area contributed by atoms with E-state index in [1.165, 1.54) is 16.8 Å². The third-order valence-corrected chi connectivity index (χ3v) is 4.51. The van der Waals surface area contributed by atoms with E-state index >= 15 is 0 Å². The molecule has 0 aromatic carbocycles. The van der Waals surface area contributed by atoms with Gasteiger partial charge in [0.15, 0.2) is 6.23 Å². The van der Waals surface area contributed by atoms with E-state index in [-0.39, 0.29) is 18.3 Å². The number of anilines is 1.